The molecule has 0 radical (unpaired) electrons. The molecule has 188 valence electrons. The Morgan fingerprint density at radius 3 is 1.47 bits per heavy atom. The highest BCUT2D eigenvalue weighted by atomic mass is 31.2. The van der Waals surface area contributed by atoms with Gasteiger partial charge in [-0.2, -0.15) is 4.34 Å². The highest BCUT2D eigenvalue weighted by Gasteiger charge is 2.58. The van der Waals surface area contributed by atoms with Crippen molar-refractivity contribution in [1.29, 1.82) is 0 Å². The van der Waals surface area contributed by atoms with Crippen LogP contribution in [-0.2, 0) is 11.1 Å². The van der Waals surface area contributed by atoms with Crippen molar-refractivity contribution < 1.29 is 26.4 Å². The van der Waals surface area contributed by atoms with Crippen molar-refractivity contribution in [2.75, 3.05) is 6.16 Å². The fraction of sp³-hybridized carbons (Fsp3) is 0.870. The van der Waals surface area contributed by atoms with Crippen LogP contribution in [0.2, 0.25) is 0 Å². The minimum absolute atomic E-state index is 0.780. The molecule has 0 aromatic carbocycles. The number of hydrogen-bond acceptors (Lipinski definition) is 1. The minimum atomic E-state index is -6.00. The number of aryl methyl sites for hydroxylation is 1. The van der Waals surface area contributed by atoms with E-state index in [4.69, 9.17) is 0 Å². The Morgan fingerprint density at radius 2 is 1.12 bits per heavy atom. The van der Waals surface area contributed by atoms with Crippen LogP contribution in [0.1, 0.15) is 117 Å². The lowest BCUT2D eigenvalue weighted by molar-refractivity contribution is -0.677. The highest BCUT2D eigenvalue weighted by Crippen LogP contribution is 2.56. The van der Waals surface area contributed by atoms with Crippen LogP contribution in [0.5, 0.6) is 0 Å². The molecule has 0 amide bonds. The molecule has 3 nitrogen and oxygen atoms in total. The fourth-order valence-electron chi connectivity index (χ4n) is 4.25. The Bertz CT molecular complexity index is 661. The first-order valence-electron chi connectivity index (χ1n) is 12.8. The number of unbranched alkanes of at least 4 members (excludes halogenated alkanes) is 15. The summed E-state index contributed by atoms with van der Waals surface area (Å²) in [4.78, 5) is 0. The maximum absolute atomic E-state index is 12.4. The largest absolute Gasteiger partial charge is 0.673 e. The minimum Gasteiger partial charge on any atom is -0.418 e. The van der Waals surface area contributed by atoms with Gasteiger partial charge in [0.25, 0.3) is 0 Å². The zero-order valence-electron chi connectivity index (χ0n) is 20.2. The molecule has 1 atom stereocenters. The molecule has 0 spiro atoms. The predicted molar refractivity (Wildman–Crippen MR) is 128 cm³/mol. The summed E-state index contributed by atoms with van der Waals surface area (Å²) in [6.07, 6.45) is 27.4. The van der Waals surface area contributed by atoms with Gasteiger partial charge < -0.3 is 17.3 Å². The zero-order valence-corrected chi connectivity index (χ0v) is 21.1. The smallest absolute Gasteiger partial charge is 0.418 e. The summed E-state index contributed by atoms with van der Waals surface area (Å²) in [5, 5.41) is 0. The number of nitrogens with zero attached hydrogens (tertiary/aromatic N) is 2. The first kappa shape index (κ1) is 29.3. The average Bonchev–Trinajstić information content (AvgIpc) is 3.08. The van der Waals surface area contributed by atoms with E-state index in [9.17, 15) is 21.8 Å². The molecule has 0 N–H and O–H groups in total. The van der Waals surface area contributed by atoms with Gasteiger partial charge >= 0.3 is 20.1 Å². The second-order valence-electron chi connectivity index (χ2n) is 8.95. The summed E-state index contributed by atoms with van der Waals surface area (Å²) in [7, 11) is -8.07. The van der Waals surface area contributed by atoms with Crippen molar-refractivity contribution in [3.63, 3.8) is 0 Å². The Kier molecular flexibility index (Phi) is 14.6. The summed E-state index contributed by atoms with van der Waals surface area (Å²) >= 11 is 0. The molecule has 0 saturated carbocycles. The molecule has 1 aliphatic rings. The summed E-state index contributed by atoms with van der Waals surface area (Å²) < 4.78 is 55.6. The maximum atomic E-state index is 12.4. The van der Waals surface area contributed by atoms with Crippen molar-refractivity contribution >= 4 is 20.1 Å². The number of hydrogen-bond donors (Lipinski definition) is 0. The van der Waals surface area contributed by atoms with Crippen molar-refractivity contribution in [2.45, 2.75) is 123 Å². The molecule has 0 fully saturated rings. The molecule has 1 aromatic heterocycles. The standard InChI is InChI=1S/C23H44N2OP.BF4/c1-3-5-6-7-8-9-10-11-12-13-14-15-16-17-18-19-20-24-21-22-25-23(24)27(25,26)4-2;2-1(3,4)5/h21-22H,3-20H2,1-2H3;/q+1;-1. The predicted octanol–water partition coefficient (Wildman–Crippen LogP) is 8.12. The summed E-state index contributed by atoms with van der Waals surface area (Å²) in [6.45, 7) is 5.37. The molecular weight excluding hydrogens is 438 g/mol. The van der Waals surface area contributed by atoms with E-state index in [0.717, 1.165) is 18.3 Å². The first-order chi connectivity index (χ1) is 15.2. The number of aromatic nitrogens is 2. The molecule has 1 aliphatic heterocycles. The van der Waals surface area contributed by atoms with Gasteiger partial charge in [0.1, 0.15) is 12.4 Å². The SMILES string of the molecule is CCCCCCCCCCCCCCCCCC[n+]1ccn2c1P2(=O)CC.F[B-](F)(F)F. The van der Waals surface area contributed by atoms with E-state index in [1.165, 1.54) is 103 Å². The lowest BCUT2D eigenvalue weighted by Gasteiger charge is -2.03. The topological polar surface area (TPSA) is 25.9 Å². The fourth-order valence-corrected chi connectivity index (χ4v) is 6.64. The van der Waals surface area contributed by atoms with Crippen LogP contribution >= 0.6 is 7.29 Å². The van der Waals surface area contributed by atoms with Crippen LogP contribution in [-0.4, -0.2) is 17.8 Å². The third kappa shape index (κ3) is 12.5. The first-order valence-corrected chi connectivity index (χ1v) is 14.7. The zero-order chi connectivity index (χ0) is 23.9. The molecule has 1 aromatic rings. The van der Waals surface area contributed by atoms with Crippen molar-refractivity contribution in [1.82, 2.24) is 4.34 Å². The molecule has 0 saturated heterocycles. The van der Waals surface area contributed by atoms with Gasteiger partial charge in [-0.15, -0.1) is 0 Å². The van der Waals surface area contributed by atoms with E-state index in [0.29, 0.717) is 0 Å². The molecule has 1 unspecified atom stereocenters. The number of halogens is 4. The third-order valence-electron chi connectivity index (χ3n) is 6.15. The second kappa shape index (κ2) is 16.0. The summed E-state index contributed by atoms with van der Waals surface area (Å²) in [5.74, 6) is 0. The van der Waals surface area contributed by atoms with E-state index >= 15 is 0 Å². The van der Waals surface area contributed by atoms with Crippen molar-refractivity contribution in [3.8, 4) is 0 Å². The maximum Gasteiger partial charge on any atom is 0.673 e. The van der Waals surface area contributed by atoms with Crippen molar-refractivity contribution in [2.24, 2.45) is 0 Å². The molecular formula is C23H44BF4N2OP. The van der Waals surface area contributed by atoms with E-state index in [2.05, 4.69) is 17.7 Å². The van der Waals surface area contributed by atoms with E-state index < -0.39 is 14.5 Å². The van der Waals surface area contributed by atoms with Gasteiger partial charge in [0.2, 0.25) is 0 Å². The molecule has 0 aliphatic carbocycles. The molecule has 9 heteroatoms. The van der Waals surface area contributed by atoms with Gasteiger partial charge in [0, 0.05) is 6.16 Å². The summed E-state index contributed by atoms with van der Waals surface area (Å²) in [6, 6.07) is 0. The monoisotopic (exact) mass is 482 g/mol. The van der Waals surface area contributed by atoms with Crippen LogP contribution in [0.3, 0.4) is 0 Å². The van der Waals surface area contributed by atoms with Crippen LogP contribution < -0.4 is 10.1 Å². The van der Waals surface area contributed by atoms with E-state index in [1.807, 2.05) is 17.5 Å². The van der Waals surface area contributed by atoms with E-state index in [1.54, 1.807) is 0 Å². The number of rotatable bonds is 18. The highest BCUT2D eigenvalue weighted by molar-refractivity contribution is 7.76. The van der Waals surface area contributed by atoms with Gasteiger partial charge in [0.15, 0.2) is 0 Å². The average molecular weight is 482 g/mol. The van der Waals surface area contributed by atoms with Gasteiger partial charge in [0.05, 0.1) is 6.54 Å². The molecule has 0 bridgehead atoms. The lowest BCUT2D eigenvalue weighted by atomic mass is 10.0. The quantitative estimate of drug-likeness (QED) is 0.0682. The molecule has 2 heterocycles. The third-order valence-corrected chi connectivity index (χ3v) is 8.94. The molecule has 2 rings (SSSR count). The van der Waals surface area contributed by atoms with Crippen LogP contribution in [0.15, 0.2) is 12.4 Å². The summed E-state index contributed by atoms with van der Waals surface area (Å²) in [5.41, 5.74) is 1.10. The van der Waals surface area contributed by atoms with Crippen molar-refractivity contribution in [3.05, 3.63) is 12.4 Å². The Hall–Kier alpha value is -0.775. The second-order valence-corrected chi connectivity index (χ2v) is 11.8. The van der Waals surface area contributed by atoms with Crippen LogP contribution in [0, 0.1) is 0 Å². The van der Waals surface area contributed by atoms with Gasteiger partial charge in [-0.1, -0.05) is 104 Å². The van der Waals surface area contributed by atoms with Gasteiger partial charge in [-0.3, -0.25) is 4.57 Å². The lowest BCUT2D eigenvalue weighted by Crippen LogP contribution is -2.41. The van der Waals surface area contributed by atoms with Gasteiger partial charge in [-0.05, 0) is 12.8 Å². The van der Waals surface area contributed by atoms with Crippen LogP contribution in [0.4, 0.5) is 17.3 Å². The number of imidazole rings is 1. The van der Waals surface area contributed by atoms with E-state index in [-0.39, 0.29) is 0 Å². The Labute approximate surface area is 192 Å². The normalized spacial score (nSPS) is 17.1. The van der Waals surface area contributed by atoms with Gasteiger partial charge in [-0.25, -0.2) is 4.57 Å². The number of fused-ring (bicyclic) bond motifs is 1. The Morgan fingerprint density at radius 1 is 0.750 bits per heavy atom. The van der Waals surface area contributed by atoms with Crippen LogP contribution in [0.25, 0.3) is 0 Å². The Balaban J connectivity index is 0.000000920. The molecule has 32 heavy (non-hydrogen) atoms.